The minimum Gasteiger partial charge on any atom is -0.508 e. The first-order valence-electron chi connectivity index (χ1n) is 8.50. The molecular formula is C24H17FN2O2. The number of phenolic OH excluding ortho intramolecular Hbond substituents is 2. The van der Waals surface area contributed by atoms with Crippen LogP contribution in [0, 0.1) is 30.5 Å². The highest BCUT2D eigenvalue weighted by Gasteiger charge is 2.09. The van der Waals surface area contributed by atoms with E-state index in [4.69, 9.17) is 24.3 Å². The van der Waals surface area contributed by atoms with Crippen LogP contribution < -0.4 is 11.5 Å². The summed E-state index contributed by atoms with van der Waals surface area (Å²) in [5.41, 5.74) is 13.1. The van der Waals surface area contributed by atoms with Crippen LogP contribution in [0.3, 0.4) is 0 Å². The Morgan fingerprint density at radius 3 is 1.93 bits per heavy atom. The molecule has 0 atom stereocenters. The number of phenols is 2. The Morgan fingerprint density at radius 1 is 0.759 bits per heavy atom. The second kappa shape index (κ2) is 7.72. The van der Waals surface area contributed by atoms with Gasteiger partial charge >= 0.3 is 0 Å². The Bertz CT molecular complexity index is 1330. The minimum atomic E-state index is -0.484. The first-order chi connectivity index (χ1) is 13.8. The number of hydrogen-bond donors (Lipinski definition) is 4. The average Bonchev–Trinajstić information content (AvgIpc) is 2.68. The highest BCUT2D eigenvalue weighted by atomic mass is 19.1. The third-order valence-corrected chi connectivity index (χ3v) is 4.37. The van der Waals surface area contributed by atoms with Gasteiger partial charge in [0.05, 0.1) is 5.56 Å². The Labute approximate surface area is 167 Å². The molecule has 0 unspecified atom stereocenters. The van der Waals surface area contributed by atoms with Crippen molar-refractivity contribution in [3.63, 3.8) is 0 Å². The molecule has 0 aliphatic carbocycles. The fourth-order valence-corrected chi connectivity index (χ4v) is 3.16. The number of nitrogen functional groups attached to an aromatic ring is 2. The van der Waals surface area contributed by atoms with Crippen molar-refractivity contribution >= 4 is 32.9 Å². The summed E-state index contributed by atoms with van der Waals surface area (Å²) in [4.78, 5) is 0. The topological polar surface area (TPSA) is 92.5 Å². The fraction of sp³-hybridized carbons (Fsp3) is 0. The van der Waals surface area contributed by atoms with E-state index >= 15 is 0 Å². The van der Waals surface area contributed by atoms with Crippen molar-refractivity contribution in [3.05, 3.63) is 71.5 Å². The summed E-state index contributed by atoms with van der Waals surface area (Å²) < 4.78 is 13.3. The second-order valence-corrected chi connectivity index (χ2v) is 6.28. The number of benzene rings is 4. The largest absolute Gasteiger partial charge is 0.508 e. The lowest BCUT2D eigenvalue weighted by molar-refractivity contribution is 0.476. The van der Waals surface area contributed by atoms with Crippen LogP contribution in [-0.4, -0.2) is 10.2 Å². The molecule has 0 fully saturated rings. The quantitative estimate of drug-likeness (QED) is 0.268. The number of fused-ring (bicyclic) bond motifs is 2. The van der Waals surface area contributed by atoms with Gasteiger partial charge in [-0.3, -0.25) is 0 Å². The van der Waals surface area contributed by atoms with E-state index in [1.807, 2.05) is 18.2 Å². The molecule has 0 saturated heterocycles. The maximum Gasteiger partial charge on any atom is 0.139 e. The molecule has 0 aromatic heterocycles. The van der Waals surface area contributed by atoms with Crippen LogP contribution in [0.2, 0.25) is 0 Å². The first-order valence-corrected chi connectivity index (χ1v) is 8.50. The van der Waals surface area contributed by atoms with Gasteiger partial charge in [-0.2, -0.15) is 0 Å². The standard InChI is InChI=1S/C12H8FNO.C12H9NO/c1-2-9-10(13)4-3-7-5-8(15)6-11(14)12(7)9;1-2-8-4-3-5-9-6-10(14)7-11(13)12(8)9/h1,3-6,15H,14H2;1,3-7,14H,13H2. The van der Waals surface area contributed by atoms with Crippen LogP contribution >= 0.6 is 0 Å². The molecule has 0 aliphatic heterocycles. The van der Waals surface area contributed by atoms with Gasteiger partial charge in [0.2, 0.25) is 0 Å². The molecule has 6 N–H and O–H groups in total. The SMILES string of the molecule is C#Cc1c(F)ccc2cc(O)cc(N)c12.C#Cc1cccc2cc(O)cc(N)c12. The lowest BCUT2D eigenvalue weighted by atomic mass is 10.0. The third-order valence-electron chi connectivity index (χ3n) is 4.37. The fourth-order valence-electron chi connectivity index (χ4n) is 3.16. The Hall–Kier alpha value is -4.35. The van der Waals surface area contributed by atoms with E-state index in [0.29, 0.717) is 16.5 Å². The van der Waals surface area contributed by atoms with Crippen molar-refractivity contribution < 1.29 is 14.6 Å². The van der Waals surface area contributed by atoms with E-state index in [0.717, 1.165) is 16.3 Å². The molecular weight excluding hydrogens is 367 g/mol. The second-order valence-electron chi connectivity index (χ2n) is 6.28. The molecule has 29 heavy (non-hydrogen) atoms. The molecule has 0 radical (unpaired) electrons. The zero-order chi connectivity index (χ0) is 21.1. The molecule has 0 bridgehead atoms. The molecule has 0 aliphatic rings. The van der Waals surface area contributed by atoms with Crippen LogP contribution in [-0.2, 0) is 0 Å². The lowest BCUT2D eigenvalue weighted by Gasteiger charge is -2.06. The molecule has 5 heteroatoms. The molecule has 0 amide bonds. The predicted molar refractivity (Wildman–Crippen MR) is 116 cm³/mol. The van der Waals surface area contributed by atoms with Gasteiger partial charge < -0.3 is 21.7 Å². The minimum absolute atomic E-state index is 0.0366. The van der Waals surface area contributed by atoms with Crippen molar-refractivity contribution in [1.82, 2.24) is 0 Å². The Kier molecular flexibility index (Phi) is 5.17. The Balaban J connectivity index is 0.000000166. The zero-order valence-corrected chi connectivity index (χ0v) is 15.3. The number of aromatic hydroxyl groups is 2. The molecule has 4 aromatic carbocycles. The molecule has 4 rings (SSSR count). The summed E-state index contributed by atoms with van der Waals surface area (Å²) in [7, 11) is 0. The van der Waals surface area contributed by atoms with E-state index in [1.54, 1.807) is 6.07 Å². The van der Waals surface area contributed by atoms with Gasteiger partial charge in [0.25, 0.3) is 0 Å². The van der Waals surface area contributed by atoms with Crippen molar-refractivity contribution in [1.29, 1.82) is 0 Å². The maximum atomic E-state index is 13.3. The highest BCUT2D eigenvalue weighted by molar-refractivity contribution is 5.99. The van der Waals surface area contributed by atoms with Crippen LogP contribution in [0.4, 0.5) is 15.8 Å². The number of rotatable bonds is 0. The molecule has 0 saturated carbocycles. The number of nitrogens with two attached hydrogens (primary N) is 2. The van der Waals surface area contributed by atoms with Gasteiger partial charge in [-0.1, -0.05) is 30.0 Å². The average molecular weight is 384 g/mol. The number of anilines is 2. The van der Waals surface area contributed by atoms with Crippen molar-refractivity contribution in [3.8, 4) is 36.2 Å². The summed E-state index contributed by atoms with van der Waals surface area (Å²) in [6.45, 7) is 0. The van der Waals surface area contributed by atoms with E-state index in [2.05, 4.69) is 11.8 Å². The summed E-state index contributed by atoms with van der Waals surface area (Å²) in [5, 5.41) is 21.4. The van der Waals surface area contributed by atoms with E-state index in [9.17, 15) is 14.6 Å². The van der Waals surface area contributed by atoms with Crippen LogP contribution in [0.1, 0.15) is 11.1 Å². The zero-order valence-electron chi connectivity index (χ0n) is 15.3. The summed E-state index contributed by atoms with van der Waals surface area (Å²) in [5.74, 6) is 4.54. The highest BCUT2D eigenvalue weighted by Crippen LogP contribution is 2.31. The summed E-state index contributed by atoms with van der Waals surface area (Å²) in [6.07, 6.45) is 10.6. The van der Waals surface area contributed by atoms with E-state index < -0.39 is 5.82 Å². The van der Waals surface area contributed by atoms with Gasteiger partial charge in [0.15, 0.2) is 0 Å². The van der Waals surface area contributed by atoms with Gasteiger partial charge in [0, 0.05) is 39.8 Å². The number of halogens is 1. The monoisotopic (exact) mass is 384 g/mol. The first kappa shape index (κ1) is 19.4. The van der Waals surface area contributed by atoms with Gasteiger partial charge in [-0.15, -0.1) is 12.8 Å². The van der Waals surface area contributed by atoms with Crippen LogP contribution in [0.25, 0.3) is 21.5 Å². The smallest absolute Gasteiger partial charge is 0.139 e. The summed E-state index contributed by atoms with van der Waals surface area (Å²) in [6, 6.07) is 14.3. The molecule has 4 aromatic rings. The van der Waals surface area contributed by atoms with Crippen molar-refractivity contribution in [2.24, 2.45) is 0 Å². The normalized spacial score (nSPS) is 10.0. The summed E-state index contributed by atoms with van der Waals surface area (Å²) >= 11 is 0. The molecule has 142 valence electrons. The maximum absolute atomic E-state index is 13.3. The van der Waals surface area contributed by atoms with E-state index in [1.165, 1.54) is 30.3 Å². The van der Waals surface area contributed by atoms with Crippen molar-refractivity contribution in [2.75, 3.05) is 11.5 Å². The molecule has 0 spiro atoms. The van der Waals surface area contributed by atoms with Crippen LogP contribution in [0.5, 0.6) is 11.5 Å². The van der Waals surface area contributed by atoms with Crippen molar-refractivity contribution in [2.45, 2.75) is 0 Å². The lowest BCUT2D eigenvalue weighted by Crippen LogP contribution is -1.92. The molecule has 0 heterocycles. The van der Waals surface area contributed by atoms with Gasteiger partial charge in [-0.05, 0) is 35.0 Å². The predicted octanol–water partition coefficient (Wildman–Crippen LogP) is 4.36. The number of hydrogen-bond acceptors (Lipinski definition) is 4. The third kappa shape index (κ3) is 3.71. The number of terminal acetylenes is 2. The Morgan fingerprint density at radius 2 is 1.34 bits per heavy atom. The van der Waals surface area contributed by atoms with E-state index in [-0.39, 0.29) is 22.7 Å². The van der Waals surface area contributed by atoms with Gasteiger partial charge in [0.1, 0.15) is 17.3 Å². The van der Waals surface area contributed by atoms with Crippen LogP contribution in [0.15, 0.2) is 54.6 Å². The molecule has 4 nitrogen and oxygen atoms in total. The van der Waals surface area contributed by atoms with Gasteiger partial charge in [-0.25, -0.2) is 4.39 Å².